The van der Waals surface area contributed by atoms with Gasteiger partial charge in [-0.05, 0) is 44.4 Å². The van der Waals surface area contributed by atoms with Crippen molar-refractivity contribution in [1.29, 1.82) is 0 Å². The summed E-state index contributed by atoms with van der Waals surface area (Å²) in [5.41, 5.74) is 5.03. The van der Waals surface area contributed by atoms with Gasteiger partial charge in [0, 0.05) is 12.6 Å². The molecule has 0 bridgehead atoms. The lowest BCUT2D eigenvalue weighted by molar-refractivity contribution is -0.129. The van der Waals surface area contributed by atoms with Crippen LogP contribution in [0.3, 0.4) is 0 Å². The molecule has 1 amide bonds. The van der Waals surface area contributed by atoms with Gasteiger partial charge in [-0.25, -0.2) is 0 Å². The van der Waals surface area contributed by atoms with Gasteiger partial charge in [-0.3, -0.25) is 10.1 Å². The van der Waals surface area contributed by atoms with Crippen LogP contribution in [0.2, 0.25) is 0 Å². The van der Waals surface area contributed by atoms with E-state index in [1.807, 2.05) is 0 Å². The number of ether oxygens (including phenoxy) is 2. The van der Waals surface area contributed by atoms with Crippen molar-refractivity contribution in [3.8, 4) is 0 Å². The molecule has 0 aromatic carbocycles. The Kier molecular flexibility index (Phi) is 3.78. The van der Waals surface area contributed by atoms with Gasteiger partial charge in [0.2, 0.25) is 5.91 Å². The van der Waals surface area contributed by atoms with Crippen LogP contribution in [0.4, 0.5) is 0 Å². The molecule has 0 radical (unpaired) electrons. The zero-order valence-corrected chi connectivity index (χ0v) is 11.4. The van der Waals surface area contributed by atoms with E-state index in [1.165, 1.54) is 0 Å². The molecule has 1 aliphatic heterocycles. The maximum absolute atomic E-state index is 11.9. The molecule has 5 heteroatoms. The van der Waals surface area contributed by atoms with Gasteiger partial charge < -0.3 is 15.2 Å². The van der Waals surface area contributed by atoms with Crippen LogP contribution in [-0.2, 0) is 14.3 Å². The van der Waals surface area contributed by atoms with E-state index in [0.29, 0.717) is 25.2 Å². The van der Waals surface area contributed by atoms with Crippen LogP contribution in [0.25, 0.3) is 0 Å². The number of carbonyl (C=O) groups is 1. The lowest BCUT2D eigenvalue weighted by Crippen LogP contribution is -2.61. The number of nitrogens with one attached hydrogen (secondary N) is 1. The number of hydrogen-bond acceptors (Lipinski definition) is 4. The topological polar surface area (TPSA) is 73.6 Å². The van der Waals surface area contributed by atoms with Crippen molar-refractivity contribution < 1.29 is 14.3 Å². The van der Waals surface area contributed by atoms with Crippen LogP contribution in [0, 0.1) is 5.92 Å². The van der Waals surface area contributed by atoms with E-state index in [-0.39, 0.29) is 12.0 Å². The Morgan fingerprint density at radius 1 is 1.32 bits per heavy atom. The van der Waals surface area contributed by atoms with Gasteiger partial charge in [0.15, 0.2) is 0 Å². The summed E-state index contributed by atoms with van der Waals surface area (Å²) in [7, 11) is 0. The summed E-state index contributed by atoms with van der Waals surface area (Å²) in [4.78, 5) is 11.9. The summed E-state index contributed by atoms with van der Waals surface area (Å²) in [6.45, 7) is 1.80. The fourth-order valence-corrected chi connectivity index (χ4v) is 2.92. The molecule has 2 atom stereocenters. The molecule has 5 nitrogen and oxygen atoms in total. The van der Waals surface area contributed by atoms with Gasteiger partial charge in [-0.2, -0.15) is 0 Å². The highest BCUT2D eigenvalue weighted by molar-refractivity contribution is 5.86. The third kappa shape index (κ3) is 3.09. The Labute approximate surface area is 114 Å². The smallest absolute Gasteiger partial charge is 0.240 e. The van der Waals surface area contributed by atoms with Gasteiger partial charge in [0.1, 0.15) is 5.54 Å². The Hall–Kier alpha value is -0.650. The number of hydrogen-bond donors (Lipinski definition) is 2. The normalized spacial score (nSPS) is 30.2. The summed E-state index contributed by atoms with van der Waals surface area (Å²) >= 11 is 0. The summed E-state index contributed by atoms with van der Waals surface area (Å²) in [5.74, 6) is 0.101. The fourth-order valence-electron chi connectivity index (χ4n) is 2.92. The molecule has 2 unspecified atom stereocenters. The van der Waals surface area contributed by atoms with Crippen LogP contribution in [0.1, 0.15) is 38.5 Å². The number of carbonyl (C=O) groups excluding carboxylic acids is 1. The monoisotopic (exact) mass is 268 g/mol. The Balaban J connectivity index is 1.55. The van der Waals surface area contributed by atoms with Crippen molar-refractivity contribution in [2.24, 2.45) is 11.7 Å². The average Bonchev–Trinajstić information content (AvgIpc) is 3.29. The summed E-state index contributed by atoms with van der Waals surface area (Å²) in [5, 5.41) is 3.45. The van der Waals surface area contributed by atoms with E-state index < -0.39 is 5.54 Å². The third-order valence-electron chi connectivity index (χ3n) is 4.41. The van der Waals surface area contributed by atoms with E-state index >= 15 is 0 Å². The molecule has 19 heavy (non-hydrogen) atoms. The van der Waals surface area contributed by atoms with Crippen LogP contribution in [0.5, 0.6) is 0 Å². The van der Waals surface area contributed by atoms with Crippen molar-refractivity contribution >= 4 is 5.91 Å². The highest BCUT2D eigenvalue weighted by Crippen LogP contribution is 2.41. The maximum atomic E-state index is 11.9. The van der Waals surface area contributed by atoms with E-state index in [9.17, 15) is 4.79 Å². The Bertz CT molecular complexity index is 336. The zero-order valence-electron chi connectivity index (χ0n) is 11.4. The van der Waals surface area contributed by atoms with Gasteiger partial charge in [0.25, 0.3) is 0 Å². The first-order chi connectivity index (χ1) is 9.21. The van der Waals surface area contributed by atoms with Gasteiger partial charge in [0.05, 0.1) is 19.3 Å². The largest absolute Gasteiger partial charge is 0.376 e. The predicted octanol–water partition coefficient (Wildman–Crippen LogP) is 0.568. The molecule has 0 aromatic heterocycles. The van der Waals surface area contributed by atoms with Gasteiger partial charge in [-0.15, -0.1) is 0 Å². The minimum atomic E-state index is -0.639. The molecule has 2 aliphatic carbocycles. The minimum Gasteiger partial charge on any atom is -0.376 e. The second kappa shape index (κ2) is 5.38. The van der Waals surface area contributed by atoms with Crippen molar-refractivity contribution in [2.45, 2.75) is 56.2 Å². The highest BCUT2D eigenvalue weighted by Gasteiger charge is 2.52. The van der Waals surface area contributed by atoms with Crippen molar-refractivity contribution in [3.63, 3.8) is 0 Å². The van der Waals surface area contributed by atoms with E-state index in [2.05, 4.69) is 5.32 Å². The third-order valence-corrected chi connectivity index (χ3v) is 4.41. The van der Waals surface area contributed by atoms with Gasteiger partial charge in [-0.1, -0.05) is 0 Å². The number of nitrogens with two attached hydrogens (primary N) is 1. The molecule has 3 N–H and O–H groups in total. The first-order valence-corrected chi connectivity index (χ1v) is 7.47. The summed E-state index contributed by atoms with van der Waals surface area (Å²) in [6.07, 6.45) is 6.81. The Morgan fingerprint density at radius 3 is 2.63 bits per heavy atom. The summed E-state index contributed by atoms with van der Waals surface area (Å²) in [6, 6.07) is 0.458. The number of amides is 1. The van der Waals surface area contributed by atoms with Crippen LogP contribution in [-0.4, -0.2) is 43.4 Å². The summed E-state index contributed by atoms with van der Waals surface area (Å²) < 4.78 is 11.3. The van der Waals surface area contributed by atoms with E-state index in [0.717, 1.165) is 45.1 Å². The van der Waals surface area contributed by atoms with Crippen molar-refractivity contribution in [2.75, 3.05) is 19.8 Å². The van der Waals surface area contributed by atoms with Crippen LogP contribution >= 0.6 is 0 Å². The molecule has 2 saturated carbocycles. The molecular weight excluding hydrogens is 244 g/mol. The second-order valence-corrected chi connectivity index (χ2v) is 6.18. The molecule has 0 spiro atoms. The SMILES string of the molecule is NC(=O)C(COCC1CCCO1)(NC1CC1)C1CC1. The zero-order chi connectivity index (χ0) is 13.3. The Morgan fingerprint density at radius 2 is 2.11 bits per heavy atom. The first kappa shape index (κ1) is 13.3. The number of rotatable bonds is 8. The van der Waals surface area contributed by atoms with Crippen LogP contribution in [0.15, 0.2) is 0 Å². The molecular formula is C14H24N2O3. The molecule has 3 rings (SSSR count). The van der Waals surface area contributed by atoms with Crippen molar-refractivity contribution in [3.05, 3.63) is 0 Å². The highest BCUT2D eigenvalue weighted by atomic mass is 16.5. The van der Waals surface area contributed by atoms with Gasteiger partial charge >= 0.3 is 0 Å². The lowest BCUT2D eigenvalue weighted by Gasteiger charge is -2.32. The molecule has 1 saturated heterocycles. The maximum Gasteiger partial charge on any atom is 0.240 e. The second-order valence-electron chi connectivity index (χ2n) is 6.18. The minimum absolute atomic E-state index is 0.200. The molecule has 0 aromatic rings. The molecule has 1 heterocycles. The van der Waals surface area contributed by atoms with Crippen LogP contribution < -0.4 is 11.1 Å². The molecule has 108 valence electrons. The van der Waals surface area contributed by atoms with Crippen molar-refractivity contribution in [1.82, 2.24) is 5.32 Å². The molecule has 3 fully saturated rings. The number of primary amides is 1. The van der Waals surface area contributed by atoms with E-state index in [4.69, 9.17) is 15.2 Å². The first-order valence-electron chi connectivity index (χ1n) is 7.47. The lowest BCUT2D eigenvalue weighted by atomic mass is 9.93. The standard InChI is InChI=1S/C14H24N2O3/c15-13(17)14(10-3-4-10,16-11-5-6-11)9-18-8-12-2-1-7-19-12/h10-12,16H,1-9H2,(H2,15,17). The van der Waals surface area contributed by atoms with E-state index in [1.54, 1.807) is 0 Å². The fraction of sp³-hybridized carbons (Fsp3) is 0.929. The quantitative estimate of drug-likeness (QED) is 0.675. The predicted molar refractivity (Wildman–Crippen MR) is 70.6 cm³/mol. The average molecular weight is 268 g/mol. The molecule has 3 aliphatic rings.